The van der Waals surface area contributed by atoms with E-state index in [0.717, 1.165) is 22.6 Å². The van der Waals surface area contributed by atoms with Crippen molar-refractivity contribution in [1.29, 1.82) is 0 Å². The van der Waals surface area contributed by atoms with Crippen LogP contribution in [0.4, 0.5) is 0 Å². The van der Waals surface area contributed by atoms with Gasteiger partial charge >= 0.3 is 0 Å². The molecule has 0 spiro atoms. The van der Waals surface area contributed by atoms with Gasteiger partial charge in [-0.25, -0.2) is 0 Å². The highest BCUT2D eigenvalue weighted by Crippen LogP contribution is 2.19. The largest absolute Gasteiger partial charge is 0.0890 e. The zero-order valence-electron chi connectivity index (χ0n) is 4.81. The van der Waals surface area contributed by atoms with Crippen molar-refractivity contribution in [3.8, 4) is 0 Å². The third-order valence-corrected chi connectivity index (χ3v) is 2.70. The molecule has 0 aromatic heterocycles. The summed E-state index contributed by atoms with van der Waals surface area (Å²) >= 11 is 10.1. The lowest BCUT2D eigenvalue weighted by atomic mass is 10.1. The molecule has 2 heteroatoms. The monoisotopic (exact) mass is 144 g/mol. The first-order valence-electron chi connectivity index (χ1n) is 2.77. The molecule has 0 radical (unpaired) electrons. The van der Waals surface area contributed by atoms with E-state index in [9.17, 15) is 0 Å². The molecule has 1 fully saturated rings. The molecule has 0 aliphatic heterocycles. The normalized spacial score (nSPS) is 22.6. The molecule has 44 valence electrons. The van der Waals surface area contributed by atoms with Crippen LogP contribution in [0.2, 0.25) is 0 Å². The third kappa shape index (κ3) is 0.955. The second-order valence-electron chi connectivity index (χ2n) is 2.15. The van der Waals surface area contributed by atoms with Crippen molar-refractivity contribution in [1.82, 2.24) is 0 Å². The van der Waals surface area contributed by atoms with E-state index in [4.69, 9.17) is 24.4 Å². The van der Waals surface area contributed by atoms with Crippen molar-refractivity contribution >= 4 is 34.2 Å². The maximum Gasteiger partial charge on any atom is 0.0189 e. The average Bonchev–Trinajstić information content (AvgIpc) is 1.98. The molecule has 8 heavy (non-hydrogen) atoms. The maximum absolute atomic E-state index is 5.03. The lowest BCUT2D eigenvalue weighted by Gasteiger charge is -1.97. The topological polar surface area (TPSA) is 0 Å². The highest BCUT2D eigenvalue weighted by Gasteiger charge is 2.20. The standard InChI is InChI=1S/C6H8S2/c1-4-5(7)2-3-6(4)8/h4H,2-3H2,1H3. The summed E-state index contributed by atoms with van der Waals surface area (Å²) < 4.78 is 0. The predicted octanol–water partition coefficient (Wildman–Crippen LogP) is 2.16. The van der Waals surface area contributed by atoms with Crippen LogP contribution >= 0.6 is 24.4 Å². The highest BCUT2D eigenvalue weighted by molar-refractivity contribution is 7.82. The molecule has 0 aromatic rings. The minimum Gasteiger partial charge on any atom is -0.0890 e. The number of hydrogen-bond acceptors (Lipinski definition) is 2. The van der Waals surface area contributed by atoms with Crippen LogP contribution in [0.1, 0.15) is 19.8 Å². The second-order valence-corrected chi connectivity index (χ2v) is 3.20. The second kappa shape index (κ2) is 2.19. The van der Waals surface area contributed by atoms with Crippen LogP contribution in [-0.4, -0.2) is 9.73 Å². The molecule has 0 saturated heterocycles. The Labute approximate surface area is 60.3 Å². The molecule has 0 unspecified atom stereocenters. The summed E-state index contributed by atoms with van der Waals surface area (Å²) in [7, 11) is 0. The van der Waals surface area contributed by atoms with E-state index in [2.05, 4.69) is 6.92 Å². The first-order chi connectivity index (χ1) is 3.72. The lowest BCUT2D eigenvalue weighted by molar-refractivity contribution is 1.12. The molecule has 0 bridgehead atoms. The molecule has 0 aromatic carbocycles. The van der Waals surface area contributed by atoms with E-state index in [1.165, 1.54) is 0 Å². The van der Waals surface area contributed by atoms with Gasteiger partial charge in [0, 0.05) is 15.6 Å². The van der Waals surface area contributed by atoms with Gasteiger partial charge in [-0.3, -0.25) is 0 Å². The van der Waals surface area contributed by atoms with Crippen molar-refractivity contribution in [2.45, 2.75) is 19.8 Å². The van der Waals surface area contributed by atoms with Crippen LogP contribution < -0.4 is 0 Å². The number of hydrogen-bond donors (Lipinski definition) is 0. The van der Waals surface area contributed by atoms with Gasteiger partial charge in [0.05, 0.1) is 0 Å². The first-order valence-corrected chi connectivity index (χ1v) is 3.59. The van der Waals surface area contributed by atoms with Gasteiger partial charge in [-0.2, -0.15) is 0 Å². The minimum atomic E-state index is 0.444. The fraction of sp³-hybridized carbons (Fsp3) is 0.667. The van der Waals surface area contributed by atoms with Crippen molar-refractivity contribution in [2.24, 2.45) is 5.92 Å². The fourth-order valence-electron chi connectivity index (χ4n) is 0.859. The molecule has 1 aliphatic carbocycles. The van der Waals surface area contributed by atoms with Gasteiger partial charge in [0.1, 0.15) is 0 Å². The molecule has 0 amide bonds. The average molecular weight is 144 g/mol. The van der Waals surface area contributed by atoms with Gasteiger partial charge < -0.3 is 0 Å². The molecule has 0 N–H and O–H groups in total. The molecule has 0 atom stereocenters. The zero-order chi connectivity index (χ0) is 6.15. The summed E-state index contributed by atoms with van der Waals surface area (Å²) in [6, 6.07) is 0. The Bertz CT molecular complexity index is 121. The van der Waals surface area contributed by atoms with E-state index in [1.807, 2.05) is 0 Å². The summed E-state index contributed by atoms with van der Waals surface area (Å²) in [5.41, 5.74) is 0. The summed E-state index contributed by atoms with van der Waals surface area (Å²) in [5.74, 6) is 0.444. The molecule has 0 nitrogen and oxygen atoms in total. The van der Waals surface area contributed by atoms with Gasteiger partial charge in [0.2, 0.25) is 0 Å². The Kier molecular flexibility index (Phi) is 1.73. The molecule has 0 heterocycles. The van der Waals surface area contributed by atoms with E-state index < -0.39 is 0 Å². The summed E-state index contributed by atoms with van der Waals surface area (Å²) in [6.45, 7) is 2.09. The van der Waals surface area contributed by atoms with Crippen LogP contribution in [0.15, 0.2) is 0 Å². The Hall–Kier alpha value is 0.180. The van der Waals surface area contributed by atoms with E-state index in [-0.39, 0.29) is 0 Å². The number of rotatable bonds is 0. The SMILES string of the molecule is CC1C(=S)CCC1=S. The van der Waals surface area contributed by atoms with Gasteiger partial charge in [-0.05, 0) is 12.8 Å². The van der Waals surface area contributed by atoms with Crippen molar-refractivity contribution in [3.05, 3.63) is 0 Å². The van der Waals surface area contributed by atoms with Crippen LogP contribution in [0.25, 0.3) is 0 Å². The summed E-state index contributed by atoms with van der Waals surface area (Å²) in [5, 5.41) is 0. The molecular formula is C6H8S2. The fourth-order valence-corrected chi connectivity index (χ4v) is 1.42. The lowest BCUT2D eigenvalue weighted by Crippen LogP contribution is -2.04. The van der Waals surface area contributed by atoms with Crippen LogP contribution in [-0.2, 0) is 0 Å². The molecule has 1 rings (SSSR count). The molecular weight excluding hydrogens is 136 g/mol. The Balaban J connectivity index is 2.70. The molecule has 1 aliphatic rings. The Morgan fingerprint density at radius 3 is 1.75 bits per heavy atom. The third-order valence-electron chi connectivity index (χ3n) is 1.58. The minimum absolute atomic E-state index is 0.444. The van der Waals surface area contributed by atoms with Gasteiger partial charge in [0.25, 0.3) is 0 Å². The summed E-state index contributed by atoms with van der Waals surface area (Å²) in [6.07, 6.45) is 2.10. The quantitative estimate of drug-likeness (QED) is 0.478. The first kappa shape index (κ1) is 6.30. The van der Waals surface area contributed by atoms with Crippen LogP contribution in [0.5, 0.6) is 0 Å². The van der Waals surface area contributed by atoms with Gasteiger partial charge in [-0.1, -0.05) is 31.4 Å². The maximum atomic E-state index is 5.03. The molecule has 1 saturated carbocycles. The van der Waals surface area contributed by atoms with Crippen molar-refractivity contribution < 1.29 is 0 Å². The zero-order valence-corrected chi connectivity index (χ0v) is 6.44. The Morgan fingerprint density at radius 1 is 1.25 bits per heavy atom. The van der Waals surface area contributed by atoms with Gasteiger partial charge in [0.15, 0.2) is 0 Å². The van der Waals surface area contributed by atoms with Crippen LogP contribution in [0.3, 0.4) is 0 Å². The predicted molar refractivity (Wildman–Crippen MR) is 43.6 cm³/mol. The van der Waals surface area contributed by atoms with Gasteiger partial charge in [-0.15, -0.1) is 0 Å². The van der Waals surface area contributed by atoms with Crippen molar-refractivity contribution in [3.63, 3.8) is 0 Å². The summed E-state index contributed by atoms with van der Waals surface area (Å²) in [4.78, 5) is 2.30. The van der Waals surface area contributed by atoms with Crippen molar-refractivity contribution in [2.75, 3.05) is 0 Å². The van der Waals surface area contributed by atoms with E-state index >= 15 is 0 Å². The highest BCUT2D eigenvalue weighted by atomic mass is 32.1. The smallest absolute Gasteiger partial charge is 0.0189 e. The van der Waals surface area contributed by atoms with E-state index in [1.54, 1.807) is 0 Å². The van der Waals surface area contributed by atoms with E-state index in [0.29, 0.717) is 5.92 Å². The van der Waals surface area contributed by atoms with Crippen LogP contribution in [0, 0.1) is 5.92 Å². The number of thiocarbonyl (C=S) groups is 2. The Morgan fingerprint density at radius 2 is 1.62 bits per heavy atom.